The van der Waals surface area contributed by atoms with E-state index >= 15 is 0 Å². The Bertz CT molecular complexity index is 880. The minimum atomic E-state index is -1.05. The van der Waals surface area contributed by atoms with Gasteiger partial charge in [0.25, 0.3) is 0 Å². The molecule has 32 heavy (non-hydrogen) atoms. The van der Waals surface area contributed by atoms with E-state index in [9.17, 15) is 19.8 Å². The van der Waals surface area contributed by atoms with E-state index in [1.807, 2.05) is 25.8 Å². The first-order chi connectivity index (χ1) is 15.1. The average molecular weight is 461 g/mol. The number of nitrogens with zero attached hydrogens (tertiary/aromatic N) is 2. The number of carbonyl (C=O) groups excluding carboxylic acids is 1. The predicted octanol–water partition coefficient (Wildman–Crippen LogP) is 4.77. The van der Waals surface area contributed by atoms with Crippen LogP contribution in [-0.2, 0) is 4.79 Å². The van der Waals surface area contributed by atoms with Crippen molar-refractivity contribution in [2.75, 3.05) is 18.2 Å². The Hall–Kier alpha value is -1.88. The molecule has 1 amide bonds. The number of hydrogen-bond donors (Lipinski definition) is 2. The molecular formula is C25H36N2O4S. The normalized spacial score (nSPS) is 21.6. The maximum atomic E-state index is 13.8. The summed E-state index contributed by atoms with van der Waals surface area (Å²) in [6, 6.07) is 1.89. The van der Waals surface area contributed by atoms with Crippen molar-refractivity contribution in [3.8, 4) is 11.8 Å². The topological polar surface area (TPSA) is 81.1 Å². The lowest BCUT2D eigenvalue weighted by Gasteiger charge is -2.45. The van der Waals surface area contributed by atoms with Gasteiger partial charge in [-0.25, -0.2) is 14.8 Å². The molecule has 2 fully saturated rings. The fourth-order valence-electron chi connectivity index (χ4n) is 4.30. The molecule has 0 aliphatic heterocycles. The lowest BCUT2D eigenvalue weighted by molar-refractivity contribution is -0.128. The second-order valence-electron chi connectivity index (χ2n) is 10.2. The molecule has 2 saturated carbocycles. The second-order valence-corrected chi connectivity index (χ2v) is 11.3. The number of carboxylic acids is 1. The Balaban J connectivity index is 2.05. The van der Waals surface area contributed by atoms with E-state index in [0.29, 0.717) is 23.0 Å². The molecular weight excluding hydrogens is 424 g/mol. The summed E-state index contributed by atoms with van der Waals surface area (Å²) in [5, 5.41) is 23.2. The van der Waals surface area contributed by atoms with Crippen LogP contribution in [-0.4, -0.2) is 46.3 Å². The van der Waals surface area contributed by atoms with Gasteiger partial charge >= 0.3 is 5.97 Å². The number of rotatable bonds is 7. The number of aliphatic hydroxyl groups excluding tert-OH is 1. The van der Waals surface area contributed by atoms with Gasteiger partial charge < -0.3 is 10.2 Å². The van der Waals surface area contributed by atoms with Gasteiger partial charge in [-0.15, -0.1) is 11.3 Å². The highest BCUT2D eigenvalue weighted by atomic mass is 32.1. The number of carboxylic acid groups (broad SMARTS) is 1. The van der Waals surface area contributed by atoms with Gasteiger partial charge in [-0.2, -0.15) is 0 Å². The zero-order valence-corrected chi connectivity index (χ0v) is 20.5. The fourth-order valence-corrected chi connectivity index (χ4v) is 5.13. The quantitative estimate of drug-likeness (QED) is 0.453. The van der Waals surface area contributed by atoms with Crippen LogP contribution in [0.25, 0.3) is 0 Å². The van der Waals surface area contributed by atoms with Gasteiger partial charge in [-0.3, -0.25) is 4.79 Å². The molecule has 0 radical (unpaired) electrons. The van der Waals surface area contributed by atoms with Crippen LogP contribution in [0.4, 0.5) is 5.69 Å². The van der Waals surface area contributed by atoms with E-state index in [-0.39, 0.29) is 34.8 Å². The highest BCUT2D eigenvalue weighted by molar-refractivity contribution is 7.15. The lowest BCUT2D eigenvalue weighted by Crippen LogP contribution is -2.57. The second kappa shape index (κ2) is 10.4. The number of amides is 1. The van der Waals surface area contributed by atoms with E-state index in [0.717, 1.165) is 56.3 Å². The molecule has 1 heterocycles. The molecule has 0 bridgehead atoms. The van der Waals surface area contributed by atoms with Gasteiger partial charge in [0.05, 0.1) is 17.2 Å². The summed E-state index contributed by atoms with van der Waals surface area (Å²) in [5.41, 5.74) is 0.182. The molecule has 0 atom stereocenters. The van der Waals surface area contributed by atoms with Crippen molar-refractivity contribution in [1.82, 2.24) is 5.01 Å². The molecule has 2 aliphatic carbocycles. The molecule has 1 aromatic rings. The van der Waals surface area contributed by atoms with Crippen LogP contribution in [0, 0.1) is 29.1 Å². The van der Waals surface area contributed by atoms with Crippen LogP contribution in [0.15, 0.2) is 6.07 Å². The van der Waals surface area contributed by atoms with E-state index in [4.69, 9.17) is 0 Å². The highest BCUT2D eigenvalue weighted by Gasteiger charge is 2.39. The summed E-state index contributed by atoms with van der Waals surface area (Å²) in [7, 11) is 0. The van der Waals surface area contributed by atoms with Crippen molar-refractivity contribution in [3.05, 3.63) is 15.8 Å². The maximum absolute atomic E-state index is 13.8. The number of hydrogen-bond acceptors (Lipinski definition) is 5. The van der Waals surface area contributed by atoms with E-state index in [1.54, 1.807) is 11.1 Å². The minimum Gasteiger partial charge on any atom is -0.477 e. The summed E-state index contributed by atoms with van der Waals surface area (Å²) < 4.78 is 0. The van der Waals surface area contributed by atoms with Gasteiger partial charge in [0.2, 0.25) is 5.91 Å². The molecule has 0 aromatic carbocycles. The number of anilines is 1. The largest absolute Gasteiger partial charge is 0.477 e. The Kier molecular flexibility index (Phi) is 8.02. The molecule has 7 heteroatoms. The van der Waals surface area contributed by atoms with E-state index < -0.39 is 5.97 Å². The van der Waals surface area contributed by atoms with Gasteiger partial charge in [-0.05, 0) is 71.3 Å². The molecule has 176 valence electrons. The Morgan fingerprint density at radius 2 is 1.81 bits per heavy atom. The smallest absolute Gasteiger partial charge is 0.348 e. The first-order valence-electron chi connectivity index (χ1n) is 11.7. The highest BCUT2D eigenvalue weighted by Crippen LogP contribution is 2.38. The third-order valence-corrected chi connectivity index (χ3v) is 7.38. The van der Waals surface area contributed by atoms with Crippen LogP contribution < -0.4 is 5.01 Å². The zero-order chi connectivity index (χ0) is 23.5. The Morgan fingerprint density at radius 3 is 2.31 bits per heavy atom. The minimum absolute atomic E-state index is 0.0483. The van der Waals surface area contributed by atoms with Gasteiger partial charge in [-0.1, -0.05) is 25.2 Å². The number of hydrazine groups is 1. The summed E-state index contributed by atoms with van der Waals surface area (Å²) in [6.45, 7) is 8.44. The van der Waals surface area contributed by atoms with Gasteiger partial charge in [0.15, 0.2) is 0 Å². The first kappa shape index (κ1) is 24.8. The fraction of sp³-hybridized carbons (Fsp3) is 0.680. The average Bonchev–Trinajstić information content (AvgIpc) is 3.09. The van der Waals surface area contributed by atoms with E-state index in [2.05, 4.69) is 18.8 Å². The SMILES string of the molecule is CC1CCC(C(=O)N(c2cc(C#CC(C)(C)C)sc2C(=O)O)N(CCO)C2CCC2)CC1. The summed E-state index contributed by atoms with van der Waals surface area (Å²) in [5.74, 6) is 5.66. The zero-order valence-electron chi connectivity index (χ0n) is 19.7. The molecule has 2 aliphatic rings. The predicted molar refractivity (Wildman–Crippen MR) is 128 cm³/mol. The third kappa shape index (κ3) is 5.92. The molecule has 3 rings (SSSR count). The lowest BCUT2D eigenvalue weighted by atomic mass is 9.82. The Morgan fingerprint density at radius 1 is 1.16 bits per heavy atom. The van der Waals surface area contributed by atoms with Crippen molar-refractivity contribution < 1.29 is 19.8 Å². The summed E-state index contributed by atoms with van der Waals surface area (Å²) >= 11 is 1.12. The monoisotopic (exact) mass is 460 g/mol. The van der Waals surface area contributed by atoms with Gasteiger partial charge in [0, 0.05) is 23.9 Å². The van der Waals surface area contributed by atoms with E-state index in [1.165, 1.54) is 0 Å². The van der Waals surface area contributed by atoms with Gasteiger partial charge in [0.1, 0.15) is 4.88 Å². The Labute approximate surface area is 195 Å². The van der Waals surface area contributed by atoms with Crippen LogP contribution in [0.5, 0.6) is 0 Å². The van der Waals surface area contributed by atoms with Crippen molar-refractivity contribution >= 4 is 28.9 Å². The number of aromatic carboxylic acids is 1. The molecule has 0 unspecified atom stereocenters. The van der Waals surface area contributed by atoms with Crippen molar-refractivity contribution in [3.63, 3.8) is 0 Å². The molecule has 2 N–H and O–H groups in total. The van der Waals surface area contributed by atoms with Crippen molar-refractivity contribution in [1.29, 1.82) is 0 Å². The molecule has 6 nitrogen and oxygen atoms in total. The number of carbonyl (C=O) groups is 2. The van der Waals surface area contributed by atoms with Crippen LogP contribution in [0.1, 0.15) is 87.2 Å². The molecule has 0 saturated heterocycles. The number of thiophene rings is 1. The molecule has 1 aromatic heterocycles. The number of aliphatic hydroxyl groups is 1. The van der Waals surface area contributed by atoms with Crippen LogP contribution >= 0.6 is 11.3 Å². The third-order valence-electron chi connectivity index (χ3n) is 6.35. The summed E-state index contributed by atoms with van der Waals surface area (Å²) in [6.07, 6.45) is 6.60. The van der Waals surface area contributed by atoms with Crippen LogP contribution in [0.2, 0.25) is 0 Å². The first-order valence-corrected chi connectivity index (χ1v) is 12.5. The van der Waals surface area contributed by atoms with Crippen molar-refractivity contribution in [2.45, 2.75) is 78.7 Å². The molecule has 0 spiro atoms. The van der Waals surface area contributed by atoms with Crippen LogP contribution in [0.3, 0.4) is 0 Å². The standard InChI is InChI=1S/C25H36N2O4S/c1-17-8-10-18(11-9-17)23(29)27(26(14-15-28)19-6-5-7-19)21-16-20(12-13-25(2,3)4)32-22(21)24(30)31/h16-19,28H,5-11,14-15H2,1-4H3,(H,30,31). The summed E-state index contributed by atoms with van der Waals surface area (Å²) in [4.78, 5) is 26.8. The van der Waals surface area contributed by atoms with Crippen molar-refractivity contribution in [2.24, 2.45) is 17.3 Å². The maximum Gasteiger partial charge on any atom is 0.348 e.